The van der Waals surface area contributed by atoms with Gasteiger partial charge in [0.05, 0.1) is 5.92 Å². The topological polar surface area (TPSA) is 72.4 Å². The van der Waals surface area contributed by atoms with E-state index < -0.39 is 0 Å². The van der Waals surface area contributed by atoms with Gasteiger partial charge >= 0.3 is 0 Å². The van der Waals surface area contributed by atoms with E-state index in [4.69, 9.17) is 11.5 Å². The van der Waals surface area contributed by atoms with Gasteiger partial charge in [0.2, 0.25) is 5.91 Å². The Morgan fingerprint density at radius 3 is 3.00 bits per heavy atom. The molecule has 18 heavy (non-hydrogen) atoms. The number of halogens is 1. The van der Waals surface area contributed by atoms with Crippen LogP contribution in [0.25, 0.3) is 0 Å². The van der Waals surface area contributed by atoms with E-state index in [1.807, 2.05) is 18.2 Å². The van der Waals surface area contributed by atoms with E-state index >= 15 is 0 Å². The fourth-order valence-corrected chi connectivity index (χ4v) is 2.78. The first kappa shape index (κ1) is 13.4. The van der Waals surface area contributed by atoms with Crippen LogP contribution >= 0.6 is 15.9 Å². The number of hydrogen-bond donors (Lipinski definition) is 2. The molecule has 1 amide bonds. The zero-order valence-corrected chi connectivity index (χ0v) is 11.8. The molecule has 1 saturated heterocycles. The van der Waals surface area contributed by atoms with E-state index in [9.17, 15) is 4.79 Å². The van der Waals surface area contributed by atoms with Gasteiger partial charge in [-0.05, 0) is 46.9 Å². The normalized spacial score (nSPS) is 20.8. The number of nitrogen functional groups attached to an aromatic ring is 1. The molecule has 0 saturated carbocycles. The lowest BCUT2D eigenvalue weighted by atomic mass is 9.97. The first-order chi connectivity index (χ1) is 8.58. The van der Waals surface area contributed by atoms with Crippen LogP contribution in [-0.4, -0.2) is 23.9 Å². The minimum atomic E-state index is -0.189. The van der Waals surface area contributed by atoms with E-state index in [0.717, 1.165) is 48.2 Å². The van der Waals surface area contributed by atoms with Crippen LogP contribution < -0.4 is 11.5 Å². The lowest BCUT2D eigenvalue weighted by Gasteiger charge is -2.31. The van der Waals surface area contributed by atoms with Crippen molar-refractivity contribution in [3.63, 3.8) is 0 Å². The standard InChI is InChI=1S/C13H18BrN3O/c14-12-9(3-1-5-11(12)15)7-17-6-2-4-10(8-17)13(16)18/h1,3,5,10H,2,4,6-8,15H2,(H2,16,18). The number of piperidine rings is 1. The molecule has 0 spiro atoms. The highest BCUT2D eigenvalue weighted by atomic mass is 79.9. The highest BCUT2D eigenvalue weighted by Gasteiger charge is 2.24. The molecule has 5 heteroatoms. The molecule has 1 unspecified atom stereocenters. The highest BCUT2D eigenvalue weighted by molar-refractivity contribution is 9.10. The molecule has 0 aromatic heterocycles. The Hall–Kier alpha value is -1.07. The third-order valence-electron chi connectivity index (χ3n) is 3.41. The van der Waals surface area contributed by atoms with Crippen molar-refractivity contribution in [2.45, 2.75) is 19.4 Å². The molecule has 0 radical (unpaired) electrons. The zero-order valence-electron chi connectivity index (χ0n) is 10.2. The molecule has 4 nitrogen and oxygen atoms in total. The van der Waals surface area contributed by atoms with Gasteiger partial charge in [0.1, 0.15) is 0 Å². The molecule has 1 aromatic rings. The quantitative estimate of drug-likeness (QED) is 0.835. The fourth-order valence-electron chi connectivity index (χ4n) is 2.39. The van der Waals surface area contributed by atoms with Crippen molar-refractivity contribution < 1.29 is 4.79 Å². The number of benzene rings is 1. The largest absolute Gasteiger partial charge is 0.398 e. The summed E-state index contributed by atoms with van der Waals surface area (Å²) in [6.45, 7) is 2.55. The van der Waals surface area contributed by atoms with Crippen molar-refractivity contribution in [1.29, 1.82) is 0 Å². The molecule has 1 atom stereocenters. The average molecular weight is 312 g/mol. The summed E-state index contributed by atoms with van der Waals surface area (Å²) in [6.07, 6.45) is 1.93. The number of anilines is 1. The number of amides is 1. The monoisotopic (exact) mass is 311 g/mol. The Kier molecular flexibility index (Phi) is 4.24. The summed E-state index contributed by atoms with van der Waals surface area (Å²) in [5.74, 6) is -0.204. The molecule has 1 fully saturated rings. The Morgan fingerprint density at radius 1 is 1.50 bits per heavy atom. The highest BCUT2D eigenvalue weighted by Crippen LogP contribution is 2.26. The van der Waals surface area contributed by atoms with Crippen molar-refractivity contribution in [2.75, 3.05) is 18.8 Å². The van der Waals surface area contributed by atoms with Crippen LogP contribution in [0.5, 0.6) is 0 Å². The maximum atomic E-state index is 11.2. The van der Waals surface area contributed by atoms with Crippen molar-refractivity contribution in [1.82, 2.24) is 4.90 Å². The third kappa shape index (κ3) is 3.03. The van der Waals surface area contributed by atoms with Gasteiger partial charge in [0, 0.05) is 23.2 Å². The molecule has 1 aliphatic rings. The van der Waals surface area contributed by atoms with Gasteiger partial charge in [0.15, 0.2) is 0 Å². The Morgan fingerprint density at radius 2 is 2.28 bits per heavy atom. The lowest BCUT2D eigenvalue weighted by molar-refractivity contribution is -0.123. The Labute approximate surface area is 115 Å². The summed E-state index contributed by atoms with van der Waals surface area (Å²) in [5.41, 5.74) is 13.1. The van der Waals surface area contributed by atoms with Gasteiger partial charge in [-0.25, -0.2) is 0 Å². The van der Waals surface area contributed by atoms with E-state index in [1.165, 1.54) is 0 Å². The van der Waals surface area contributed by atoms with Crippen molar-refractivity contribution in [3.8, 4) is 0 Å². The lowest BCUT2D eigenvalue weighted by Crippen LogP contribution is -2.40. The van der Waals surface area contributed by atoms with Crippen molar-refractivity contribution in [3.05, 3.63) is 28.2 Å². The van der Waals surface area contributed by atoms with Crippen LogP contribution in [0.2, 0.25) is 0 Å². The minimum Gasteiger partial charge on any atom is -0.398 e. The van der Waals surface area contributed by atoms with Crippen LogP contribution in [0.4, 0.5) is 5.69 Å². The average Bonchev–Trinajstić information content (AvgIpc) is 2.35. The fraction of sp³-hybridized carbons (Fsp3) is 0.462. The summed E-state index contributed by atoms with van der Waals surface area (Å²) in [6, 6.07) is 5.87. The molecule has 1 aromatic carbocycles. The second kappa shape index (κ2) is 5.71. The van der Waals surface area contributed by atoms with Gasteiger partial charge in [-0.3, -0.25) is 9.69 Å². The predicted molar refractivity (Wildman–Crippen MR) is 75.7 cm³/mol. The van der Waals surface area contributed by atoms with Crippen LogP contribution in [0.3, 0.4) is 0 Å². The molecule has 1 heterocycles. The smallest absolute Gasteiger partial charge is 0.221 e. The van der Waals surface area contributed by atoms with E-state index in [1.54, 1.807) is 0 Å². The summed E-state index contributed by atoms with van der Waals surface area (Å²) in [4.78, 5) is 13.5. The van der Waals surface area contributed by atoms with Crippen LogP contribution in [0, 0.1) is 5.92 Å². The van der Waals surface area contributed by atoms with Gasteiger partial charge in [0.25, 0.3) is 0 Å². The number of rotatable bonds is 3. The molecule has 4 N–H and O–H groups in total. The van der Waals surface area contributed by atoms with Crippen molar-refractivity contribution in [2.24, 2.45) is 11.7 Å². The van der Waals surface area contributed by atoms with Crippen LogP contribution in [0.1, 0.15) is 18.4 Å². The molecule has 1 aliphatic heterocycles. The van der Waals surface area contributed by atoms with Crippen LogP contribution in [0.15, 0.2) is 22.7 Å². The number of likely N-dealkylation sites (tertiary alicyclic amines) is 1. The maximum absolute atomic E-state index is 11.2. The SMILES string of the molecule is NC(=O)C1CCCN(Cc2cccc(N)c2Br)C1. The number of nitrogens with zero attached hydrogens (tertiary/aromatic N) is 1. The van der Waals surface area contributed by atoms with Gasteiger partial charge in [-0.15, -0.1) is 0 Å². The minimum absolute atomic E-state index is 0.0152. The first-order valence-electron chi connectivity index (χ1n) is 6.12. The van der Waals surface area contributed by atoms with E-state index in [0.29, 0.717) is 0 Å². The number of primary amides is 1. The van der Waals surface area contributed by atoms with Crippen LogP contribution in [-0.2, 0) is 11.3 Å². The third-order valence-corrected chi connectivity index (χ3v) is 4.38. The molecular weight excluding hydrogens is 294 g/mol. The first-order valence-corrected chi connectivity index (χ1v) is 6.91. The van der Waals surface area contributed by atoms with Gasteiger partial charge in [-0.2, -0.15) is 0 Å². The summed E-state index contributed by atoms with van der Waals surface area (Å²) in [5, 5.41) is 0. The van der Waals surface area contributed by atoms with Crippen molar-refractivity contribution >= 4 is 27.5 Å². The summed E-state index contributed by atoms with van der Waals surface area (Å²) < 4.78 is 0.950. The van der Waals surface area contributed by atoms with Gasteiger partial charge < -0.3 is 11.5 Å². The predicted octanol–water partition coefficient (Wildman–Crippen LogP) is 1.73. The number of carbonyl (C=O) groups excluding carboxylic acids is 1. The van der Waals surface area contributed by atoms with E-state index in [2.05, 4.69) is 20.8 Å². The number of nitrogens with two attached hydrogens (primary N) is 2. The van der Waals surface area contributed by atoms with Gasteiger partial charge in [-0.1, -0.05) is 12.1 Å². The molecule has 98 valence electrons. The summed E-state index contributed by atoms with van der Waals surface area (Å²) >= 11 is 3.51. The second-order valence-corrected chi connectivity index (χ2v) is 5.59. The summed E-state index contributed by atoms with van der Waals surface area (Å²) in [7, 11) is 0. The molecule has 0 aliphatic carbocycles. The van der Waals surface area contributed by atoms with E-state index in [-0.39, 0.29) is 11.8 Å². The molecule has 0 bridgehead atoms. The number of hydrogen-bond acceptors (Lipinski definition) is 3. The zero-order chi connectivity index (χ0) is 13.1. The maximum Gasteiger partial charge on any atom is 0.221 e. The Bertz CT molecular complexity index is 450. The number of carbonyl (C=O) groups is 1. The Balaban J connectivity index is 2.05. The molecular formula is C13H18BrN3O. The second-order valence-electron chi connectivity index (χ2n) is 4.80. The molecule has 2 rings (SSSR count).